The van der Waals surface area contributed by atoms with Crippen LogP contribution in [0.4, 0.5) is 5.69 Å². The zero-order valence-electron chi connectivity index (χ0n) is 10.1. The summed E-state index contributed by atoms with van der Waals surface area (Å²) in [7, 11) is 0. The highest BCUT2D eigenvalue weighted by molar-refractivity contribution is 7.16. The van der Waals surface area contributed by atoms with Gasteiger partial charge in [-0.05, 0) is 36.4 Å². The first-order chi connectivity index (χ1) is 9.31. The predicted octanol–water partition coefficient (Wildman–Crippen LogP) is 4.20. The van der Waals surface area contributed by atoms with E-state index in [-0.39, 0.29) is 0 Å². The van der Waals surface area contributed by atoms with Gasteiger partial charge in [-0.1, -0.05) is 17.7 Å². The van der Waals surface area contributed by atoms with Crippen molar-refractivity contribution in [2.45, 2.75) is 6.54 Å². The van der Waals surface area contributed by atoms with Crippen molar-refractivity contribution in [2.24, 2.45) is 0 Å². The smallest absolute Gasteiger partial charge is 0.0931 e. The molecule has 0 aliphatic carbocycles. The van der Waals surface area contributed by atoms with E-state index in [1.807, 2.05) is 47.3 Å². The van der Waals surface area contributed by atoms with Crippen molar-refractivity contribution >= 4 is 28.6 Å². The van der Waals surface area contributed by atoms with Crippen molar-refractivity contribution in [1.82, 2.24) is 9.78 Å². The molecule has 19 heavy (non-hydrogen) atoms. The van der Waals surface area contributed by atoms with Gasteiger partial charge in [-0.15, -0.1) is 11.3 Å². The Kier molecular flexibility index (Phi) is 3.53. The van der Waals surface area contributed by atoms with Crippen LogP contribution in [0.25, 0.3) is 5.69 Å². The van der Waals surface area contributed by atoms with E-state index in [1.54, 1.807) is 17.5 Å². The molecule has 5 heteroatoms. The number of nitrogens with one attached hydrogen (secondary N) is 1. The van der Waals surface area contributed by atoms with E-state index >= 15 is 0 Å². The zero-order valence-corrected chi connectivity index (χ0v) is 11.7. The molecule has 2 heterocycles. The van der Waals surface area contributed by atoms with E-state index in [0.29, 0.717) is 0 Å². The molecule has 0 aliphatic rings. The Morgan fingerprint density at radius 3 is 2.89 bits per heavy atom. The van der Waals surface area contributed by atoms with Crippen LogP contribution in [-0.4, -0.2) is 9.78 Å². The summed E-state index contributed by atoms with van der Waals surface area (Å²) in [5, 5.41) is 7.61. The Balaban J connectivity index is 1.73. The molecule has 96 valence electrons. The summed E-state index contributed by atoms with van der Waals surface area (Å²) in [5.41, 5.74) is 2.11. The highest BCUT2D eigenvalue weighted by Crippen LogP contribution is 2.22. The lowest BCUT2D eigenvalue weighted by Crippen LogP contribution is -1.99. The molecule has 0 atom stereocenters. The number of benzene rings is 1. The number of anilines is 1. The molecule has 3 aromatic rings. The first-order valence-electron chi connectivity index (χ1n) is 5.89. The van der Waals surface area contributed by atoms with Gasteiger partial charge in [0.2, 0.25) is 0 Å². The van der Waals surface area contributed by atoms with Crippen LogP contribution in [0.15, 0.2) is 54.9 Å². The van der Waals surface area contributed by atoms with Gasteiger partial charge in [0, 0.05) is 29.5 Å². The van der Waals surface area contributed by atoms with Crippen LogP contribution in [0.2, 0.25) is 4.34 Å². The van der Waals surface area contributed by atoms with Crippen LogP contribution in [-0.2, 0) is 6.54 Å². The summed E-state index contributed by atoms with van der Waals surface area (Å²) in [4.78, 5) is 1.22. The summed E-state index contributed by atoms with van der Waals surface area (Å²) in [6, 6.07) is 14.0. The largest absolute Gasteiger partial charge is 0.380 e. The average molecular weight is 290 g/mol. The van der Waals surface area contributed by atoms with Gasteiger partial charge in [-0.3, -0.25) is 0 Å². The fraction of sp³-hybridized carbons (Fsp3) is 0.0714. The molecule has 2 aromatic heterocycles. The summed E-state index contributed by atoms with van der Waals surface area (Å²) in [5.74, 6) is 0. The molecular weight excluding hydrogens is 278 g/mol. The SMILES string of the molecule is Clc1ccc(CNc2cccc(-n3cccn3)c2)s1. The number of rotatable bonds is 4. The molecule has 0 radical (unpaired) electrons. The van der Waals surface area contributed by atoms with Crippen molar-refractivity contribution in [2.75, 3.05) is 5.32 Å². The number of thiophene rings is 1. The Morgan fingerprint density at radius 1 is 1.21 bits per heavy atom. The van der Waals surface area contributed by atoms with Crippen LogP contribution in [0.5, 0.6) is 0 Å². The maximum atomic E-state index is 5.91. The molecule has 1 aromatic carbocycles. The van der Waals surface area contributed by atoms with E-state index < -0.39 is 0 Å². The van der Waals surface area contributed by atoms with Crippen LogP contribution in [0, 0.1) is 0 Å². The number of hydrogen-bond acceptors (Lipinski definition) is 3. The Hall–Kier alpha value is -1.78. The molecule has 3 rings (SSSR count). The fourth-order valence-corrected chi connectivity index (χ4v) is 2.84. The number of hydrogen-bond donors (Lipinski definition) is 1. The Morgan fingerprint density at radius 2 is 2.16 bits per heavy atom. The van der Waals surface area contributed by atoms with Gasteiger partial charge in [0.1, 0.15) is 0 Å². The van der Waals surface area contributed by atoms with Crippen molar-refractivity contribution in [1.29, 1.82) is 0 Å². The number of nitrogens with zero attached hydrogens (tertiary/aromatic N) is 2. The summed E-state index contributed by atoms with van der Waals surface area (Å²) in [6.45, 7) is 0.778. The van der Waals surface area contributed by atoms with Crippen LogP contribution >= 0.6 is 22.9 Å². The Labute approximate surface area is 120 Å². The maximum absolute atomic E-state index is 5.91. The summed E-state index contributed by atoms with van der Waals surface area (Å²) < 4.78 is 2.66. The third-order valence-electron chi connectivity index (χ3n) is 2.71. The van der Waals surface area contributed by atoms with Crippen molar-refractivity contribution < 1.29 is 0 Å². The second kappa shape index (κ2) is 5.47. The van der Waals surface area contributed by atoms with E-state index in [1.165, 1.54) is 4.88 Å². The van der Waals surface area contributed by atoms with Gasteiger partial charge in [-0.25, -0.2) is 4.68 Å². The molecule has 3 nitrogen and oxygen atoms in total. The van der Waals surface area contributed by atoms with Gasteiger partial charge < -0.3 is 5.32 Å². The van der Waals surface area contributed by atoms with E-state index in [0.717, 1.165) is 22.3 Å². The first kappa shape index (κ1) is 12.3. The Bertz CT molecular complexity index is 661. The van der Waals surface area contributed by atoms with Gasteiger partial charge in [-0.2, -0.15) is 5.10 Å². The lowest BCUT2D eigenvalue weighted by Gasteiger charge is -2.07. The minimum Gasteiger partial charge on any atom is -0.380 e. The van der Waals surface area contributed by atoms with E-state index in [9.17, 15) is 0 Å². The predicted molar refractivity (Wildman–Crippen MR) is 80.2 cm³/mol. The molecule has 0 saturated heterocycles. The topological polar surface area (TPSA) is 29.9 Å². The van der Waals surface area contributed by atoms with Crippen molar-refractivity contribution in [3.05, 3.63) is 64.1 Å². The van der Waals surface area contributed by atoms with Crippen LogP contribution in [0.3, 0.4) is 0 Å². The first-order valence-corrected chi connectivity index (χ1v) is 7.09. The second-order valence-electron chi connectivity index (χ2n) is 4.06. The van der Waals surface area contributed by atoms with Crippen molar-refractivity contribution in [3.63, 3.8) is 0 Å². The standard InChI is InChI=1S/C14H12ClN3S/c15-14-6-5-13(19-14)10-16-11-3-1-4-12(9-11)18-8-2-7-17-18/h1-9,16H,10H2. The summed E-state index contributed by atoms with van der Waals surface area (Å²) >= 11 is 7.51. The molecule has 1 N–H and O–H groups in total. The zero-order chi connectivity index (χ0) is 13.1. The van der Waals surface area contributed by atoms with Crippen LogP contribution in [0.1, 0.15) is 4.88 Å². The molecule has 0 amide bonds. The third kappa shape index (κ3) is 2.97. The van der Waals surface area contributed by atoms with Gasteiger partial charge in [0.15, 0.2) is 0 Å². The minimum atomic E-state index is 0.778. The third-order valence-corrected chi connectivity index (χ3v) is 3.94. The maximum Gasteiger partial charge on any atom is 0.0931 e. The molecule has 0 bridgehead atoms. The molecule has 0 unspecified atom stereocenters. The molecule has 0 fully saturated rings. The van der Waals surface area contributed by atoms with E-state index in [2.05, 4.69) is 16.5 Å². The van der Waals surface area contributed by atoms with Crippen LogP contribution < -0.4 is 5.32 Å². The van der Waals surface area contributed by atoms with Gasteiger partial charge in [0.25, 0.3) is 0 Å². The highest BCUT2D eigenvalue weighted by atomic mass is 35.5. The summed E-state index contributed by atoms with van der Waals surface area (Å²) in [6.07, 6.45) is 3.70. The van der Waals surface area contributed by atoms with Crippen molar-refractivity contribution in [3.8, 4) is 5.69 Å². The lowest BCUT2D eigenvalue weighted by molar-refractivity contribution is 0.880. The van der Waals surface area contributed by atoms with Gasteiger partial charge in [0.05, 0.1) is 10.0 Å². The molecule has 0 saturated carbocycles. The minimum absolute atomic E-state index is 0.778. The molecular formula is C14H12ClN3S. The average Bonchev–Trinajstić information content (AvgIpc) is 3.08. The normalized spacial score (nSPS) is 10.6. The monoisotopic (exact) mass is 289 g/mol. The quantitative estimate of drug-likeness (QED) is 0.780. The highest BCUT2D eigenvalue weighted by Gasteiger charge is 2.00. The van der Waals surface area contributed by atoms with Gasteiger partial charge >= 0.3 is 0 Å². The lowest BCUT2D eigenvalue weighted by atomic mass is 10.2. The number of halogens is 1. The second-order valence-corrected chi connectivity index (χ2v) is 5.86. The molecule has 0 aliphatic heterocycles. The van der Waals surface area contributed by atoms with E-state index in [4.69, 9.17) is 11.6 Å². The number of aromatic nitrogens is 2. The fourth-order valence-electron chi connectivity index (χ4n) is 1.82. The molecule has 0 spiro atoms.